The van der Waals surface area contributed by atoms with Crippen molar-refractivity contribution in [1.82, 2.24) is 14.7 Å². The largest absolute Gasteiger partial charge is 0.377 e. The molecule has 1 unspecified atom stereocenters. The van der Waals surface area contributed by atoms with E-state index in [1.807, 2.05) is 0 Å². The van der Waals surface area contributed by atoms with Crippen molar-refractivity contribution in [1.29, 1.82) is 0 Å². The summed E-state index contributed by atoms with van der Waals surface area (Å²) < 4.78 is 10.0. The average molecular weight is 284 g/mol. The Kier molecular flexibility index (Phi) is 5.54. The van der Waals surface area contributed by atoms with E-state index in [2.05, 4.69) is 40.3 Å². The number of morpholine rings is 1. The molecule has 0 saturated carbocycles. The number of aromatic nitrogens is 2. The molecule has 1 saturated heterocycles. The predicted molar refractivity (Wildman–Crippen MR) is 79.0 cm³/mol. The van der Waals surface area contributed by atoms with Crippen LogP contribution in [0.5, 0.6) is 0 Å². The van der Waals surface area contributed by atoms with Gasteiger partial charge in [0.15, 0.2) is 0 Å². The van der Waals surface area contributed by atoms with Crippen molar-refractivity contribution in [2.24, 2.45) is 0 Å². The lowest BCUT2D eigenvalue weighted by Gasteiger charge is -2.35. The van der Waals surface area contributed by atoms with Crippen LogP contribution >= 0.6 is 11.5 Å². The summed E-state index contributed by atoms with van der Waals surface area (Å²) in [7, 11) is 0. The Morgan fingerprint density at radius 3 is 3.11 bits per heavy atom. The molecule has 2 heterocycles. The molecule has 0 spiro atoms. The second-order valence-corrected chi connectivity index (χ2v) is 5.96. The Morgan fingerprint density at radius 1 is 1.53 bits per heavy atom. The number of rotatable bonds is 6. The van der Waals surface area contributed by atoms with Crippen LogP contribution in [0.25, 0.3) is 0 Å². The number of hydrogen-bond acceptors (Lipinski definition) is 6. The average Bonchev–Trinajstić information content (AvgIpc) is 2.85. The fraction of sp³-hybridized carbons (Fsp3) is 0.846. The third-order valence-electron chi connectivity index (χ3n) is 3.17. The van der Waals surface area contributed by atoms with Crippen LogP contribution in [-0.2, 0) is 11.2 Å². The molecule has 0 radical (unpaired) electrons. The quantitative estimate of drug-likeness (QED) is 0.861. The van der Waals surface area contributed by atoms with Crippen LogP contribution in [-0.4, -0.2) is 47.7 Å². The van der Waals surface area contributed by atoms with Crippen molar-refractivity contribution < 1.29 is 4.74 Å². The molecule has 1 atom stereocenters. The van der Waals surface area contributed by atoms with Gasteiger partial charge in [0, 0.05) is 37.1 Å². The van der Waals surface area contributed by atoms with Crippen LogP contribution in [0, 0.1) is 0 Å². The van der Waals surface area contributed by atoms with E-state index in [1.165, 1.54) is 11.5 Å². The summed E-state index contributed by atoms with van der Waals surface area (Å²) in [5, 5.41) is 4.53. The molecule has 19 heavy (non-hydrogen) atoms. The molecule has 0 aromatic carbocycles. The van der Waals surface area contributed by atoms with Gasteiger partial charge in [0.1, 0.15) is 5.82 Å². The number of nitrogens with one attached hydrogen (secondary N) is 1. The van der Waals surface area contributed by atoms with Gasteiger partial charge in [0.05, 0.1) is 19.3 Å². The van der Waals surface area contributed by atoms with Gasteiger partial charge in [-0.3, -0.25) is 0 Å². The van der Waals surface area contributed by atoms with E-state index in [0.29, 0.717) is 12.1 Å². The zero-order chi connectivity index (χ0) is 13.7. The zero-order valence-electron chi connectivity index (χ0n) is 12.1. The summed E-state index contributed by atoms with van der Waals surface area (Å²) in [5.41, 5.74) is 0. The van der Waals surface area contributed by atoms with Crippen LogP contribution in [0.4, 0.5) is 5.13 Å². The van der Waals surface area contributed by atoms with Crippen LogP contribution in [0.3, 0.4) is 0 Å². The summed E-state index contributed by atoms with van der Waals surface area (Å²) in [6.45, 7) is 9.87. The number of anilines is 1. The number of ether oxygens (including phenoxy) is 1. The van der Waals surface area contributed by atoms with E-state index in [0.717, 1.165) is 50.1 Å². The molecule has 1 N–H and O–H groups in total. The van der Waals surface area contributed by atoms with Crippen molar-refractivity contribution in [3.8, 4) is 0 Å². The van der Waals surface area contributed by atoms with Gasteiger partial charge in [-0.1, -0.05) is 20.8 Å². The second-order valence-electron chi connectivity index (χ2n) is 5.23. The van der Waals surface area contributed by atoms with E-state index in [1.54, 1.807) is 0 Å². The lowest BCUT2D eigenvalue weighted by atomic mass is 10.2. The molecule has 1 aliphatic heterocycles. The molecule has 108 valence electrons. The maximum Gasteiger partial charge on any atom is 0.205 e. The molecule has 1 aromatic heterocycles. The fourth-order valence-corrected chi connectivity index (χ4v) is 2.94. The third kappa shape index (κ3) is 4.12. The summed E-state index contributed by atoms with van der Waals surface area (Å²) in [6.07, 6.45) is 2.06. The van der Waals surface area contributed by atoms with Gasteiger partial charge in [-0.05, 0) is 6.42 Å². The maximum absolute atomic E-state index is 5.60. The molecule has 1 aliphatic rings. The Balaban J connectivity index is 2.00. The molecular formula is C13H24N4OS. The minimum absolute atomic E-state index is 0.360. The zero-order valence-corrected chi connectivity index (χ0v) is 12.9. The Bertz CT molecular complexity index is 382. The summed E-state index contributed by atoms with van der Waals surface area (Å²) in [5.74, 6) is 0.976. The summed E-state index contributed by atoms with van der Waals surface area (Å²) in [6, 6.07) is 0.854. The monoisotopic (exact) mass is 284 g/mol. The number of nitrogens with zero attached hydrogens (tertiary/aromatic N) is 3. The Morgan fingerprint density at radius 2 is 2.37 bits per heavy atom. The minimum atomic E-state index is 0.360. The SMILES string of the molecule is CCCc1nsc(N2CCOCC2CNC(C)C)n1. The normalized spacial score (nSPS) is 20.2. The number of hydrogen-bond donors (Lipinski definition) is 1. The van der Waals surface area contributed by atoms with Gasteiger partial charge in [0.25, 0.3) is 0 Å². The first-order valence-corrected chi connectivity index (χ1v) is 7.88. The van der Waals surface area contributed by atoms with Gasteiger partial charge in [-0.2, -0.15) is 4.37 Å². The fourth-order valence-electron chi connectivity index (χ4n) is 2.13. The molecule has 1 aromatic rings. The molecule has 0 aliphatic carbocycles. The topological polar surface area (TPSA) is 50.3 Å². The highest BCUT2D eigenvalue weighted by Crippen LogP contribution is 2.22. The van der Waals surface area contributed by atoms with Crippen LogP contribution in [0.2, 0.25) is 0 Å². The van der Waals surface area contributed by atoms with Crippen LogP contribution in [0.15, 0.2) is 0 Å². The first-order valence-electron chi connectivity index (χ1n) is 7.11. The molecular weight excluding hydrogens is 260 g/mol. The van der Waals surface area contributed by atoms with E-state index in [4.69, 9.17) is 4.74 Å². The predicted octanol–water partition coefficient (Wildman–Crippen LogP) is 1.69. The smallest absolute Gasteiger partial charge is 0.205 e. The van der Waals surface area contributed by atoms with E-state index >= 15 is 0 Å². The number of aryl methyl sites for hydroxylation is 1. The highest BCUT2D eigenvalue weighted by molar-refractivity contribution is 7.09. The highest BCUT2D eigenvalue weighted by atomic mass is 32.1. The lowest BCUT2D eigenvalue weighted by Crippen LogP contribution is -2.51. The second kappa shape index (κ2) is 7.17. The molecule has 5 nitrogen and oxygen atoms in total. The Labute approximate surface area is 119 Å². The summed E-state index contributed by atoms with van der Waals surface area (Å²) >= 11 is 1.52. The minimum Gasteiger partial charge on any atom is -0.377 e. The Hall–Kier alpha value is -0.720. The van der Waals surface area contributed by atoms with Crippen LogP contribution in [0.1, 0.15) is 33.0 Å². The van der Waals surface area contributed by atoms with Gasteiger partial charge < -0.3 is 15.0 Å². The molecule has 6 heteroatoms. The lowest BCUT2D eigenvalue weighted by molar-refractivity contribution is 0.0931. The van der Waals surface area contributed by atoms with E-state index in [9.17, 15) is 0 Å². The van der Waals surface area contributed by atoms with Crippen molar-refractivity contribution >= 4 is 16.7 Å². The standard InChI is InChI=1S/C13H24N4OS/c1-4-5-12-15-13(19-16-12)17-6-7-18-9-11(17)8-14-10(2)3/h10-11,14H,4-9H2,1-3H3. The van der Waals surface area contributed by atoms with Crippen molar-refractivity contribution in [3.05, 3.63) is 5.82 Å². The summed E-state index contributed by atoms with van der Waals surface area (Å²) in [4.78, 5) is 6.99. The highest BCUT2D eigenvalue weighted by Gasteiger charge is 2.25. The van der Waals surface area contributed by atoms with E-state index in [-0.39, 0.29) is 0 Å². The maximum atomic E-state index is 5.60. The van der Waals surface area contributed by atoms with Crippen molar-refractivity contribution in [2.45, 2.75) is 45.7 Å². The van der Waals surface area contributed by atoms with Gasteiger partial charge in [-0.15, -0.1) is 0 Å². The molecule has 2 rings (SSSR count). The van der Waals surface area contributed by atoms with Crippen LogP contribution < -0.4 is 10.2 Å². The van der Waals surface area contributed by atoms with E-state index < -0.39 is 0 Å². The first-order chi connectivity index (χ1) is 9.20. The molecule has 0 bridgehead atoms. The van der Waals surface area contributed by atoms with Gasteiger partial charge >= 0.3 is 0 Å². The van der Waals surface area contributed by atoms with Crippen molar-refractivity contribution in [3.63, 3.8) is 0 Å². The molecule has 1 fully saturated rings. The molecule has 0 amide bonds. The van der Waals surface area contributed by atoms with Crippen molar-refractivity contribution in [2.75, 3.05) is 31.2 Å². The third-order valence-corrected chi connectivity index (χ3v) is 3.96. The first kappa shape index (κ1) is 14.7. The van der Waals surface area contributed by atoms with Gasteiger partial charge in [0.2, 0.25) is 5.13 Å². The van der Waals surface area contributed by atoms with Gasteiger partial charge in [-0.25, -0.2) is 4.98 Å².